The van der Waals surface area contributed by atoms with Crippen LogP contribution in [0.4, 0.5) is 5.69 Å². The Morgan fingerprint density at radius 2 is 2.07 bits per heavy atom. The minimum atomic E-state index is -0.441. The number of hydrogen-bond acceptors (Lipinski definition) is 6. The smallest absolute Gasteiger partial charge is 0.271 e. The number of nitrogens with zero attached hydrogens (tertiary/aromatic N) is 3. The fourth-order valence-electron chi connectivity index (χ4n) is 3.77. The third-order valence-corrected chi connectivity index (χ3v) is 6.14. The van der Waals surface area contributed by atoms with Crippen LogP contribution in [0.15, 0.2) is 47.6 Å². The van der Waals surface area contributed by atoms with Gasteiger partial charge in [0.2, 0.25) is 5.91 Å². The molecule has 0 bridgehead atoms. The molecule has 4 rings (SSSR count). The third-order valence-electron chi connectivity index (χ3n) is 5.20. The zero-order valence-electron chi connectivity index (χ0n) is 16.5. The Morgan fingerprint density at radius 3 is 2.80 bits per heavy atom. The Morgan fingerprint density at radius 1 is 1.30 bits per heavy atom. The average molecular weight is 426 g/mol. The number of carbonyl (C=O) groups excluding carboxylic acids is 1. The molecule has 1 amide bonds. The van der Waals surface area contributed by atoms with E-state index < -0.39 is 4.92 Å². The highest BCUT2D eigenvalue weighted by atomic mass is 32.2. The fourth-order valence-corrected chi connectivity index (χ4v) is 4.61. The van der Waals surface area contributed by atoms with Gasteiger partial charge >= 0.3 is 0 Å². The lowest BCUT2D eigenvalue weighted by atomic mass is 10.2. The molecule has 1 fully saturated rings. The molecule has 0 unspecified atom stereocenters. The summed E-state index contributed by atoms with van der Waals surface area (Å²) in [5.41, 5.74) is 1.94. The first-order valence-corrected chi connectivity index (χ1v) is 10.8. The lowest BCUT2D eigenvalue weighted by Gasteiger charge is -2.14. The van der Waals surface area contributed by atoms with E-state index >= 15 is 0 Å². The van der Waals surface area contributed by atoms with E-state index in [4.69, 9.17) is 4.74 Å². The van der Waals surface area contributed by atoms with Gasteiger partial charge in [-0.05, 0) is 31.0 Å². The van der Waals surface area contributed by atoms with Gasteiger partial charge < -0.3 is 10.1 Å². The van der Waals surface area contributed by atoms with Crippen molar-refractivity contribution in [1.82, 2.24) is 14.9 Å². The number of fused-ring (bicyclic) bond motifs is 1. The predicted octanol–water partition coefficient (Wildman–Crippen LogP) is 4.09. The van der Waals surface area contributed by atoms with Crippen molar-refractivity contribution in [2.75, 3.05) is 12.9 Å². The number of aromatic nitrogens is 2. The van der Waals surface area contributed by atoms with Gasteiger partial charge in [0, 0.05) is 18.2 Å². The molecule has 0 aliphatic heterocycles. The number of benzene rings is 2. The van der Waals surface area contributed by atoms with Crippen LogP contribution < -0.4 is 10.1 Å². The molecule has 30 heavy (non-hydrogen) atoms. The molecule has 156 valence electrons. The van der Waals surface area contributed by atoms with E-state index in [1.165, 1.54) is 23.9 Å². The van der Waals surface area contributed by atoms with Crippen LogP contribution in [0, 0.1) is 10.1 Å². The van der Waals surface area contributed by atoms with E-state index in [0.29, 0.717) is 21.9 Å². The fraction of sp³-hybridized carbons (Fsp3) is 0.333. The highest BCUT2D eigenvalue weighted by Gasteiger charge is 2.21. The molecule has 3 aromatic rings. The molecule has 0 atom stereocenters. The van der Waals surface area contributed by atoms with Crippen LogP contribution in [0.1, 0.15) is 25.7 Å². The summed E-state index contributed by atoms with van der Waals surface area (Å²) in [6.45, 7) is 0. The molecule has 1 N–H and O–H groups in total. The zero-order valence-corrected chi connectivity index (χ0v) is 17.4. The maximum Gasteiger partial charge on any atom is 0.271 e. The van der Waals surface area contributed by atoms with Gasteiger partial charge in [0.05, 0.1) is 34.5 Å². The first-order valence-electron chi connectivity index (χ1n) is 9.79. The van der Waals surface area contributed by atoms with Crippen LogP contribution in [-0.4, -0.2) is 39.3 Å². The molecule has 0 spiro atoms. The van der Waals surface area contributed by atoms with Crippen LogP contribution in [0.2, 0.25) is 0 Å². The van der Waals surface area contributed by atoms with Gasteiger partial charge in [0.15, 0.2) is 5.16 Å². The second-order valence-electron chi connectivity index (χ2n) is 7.17. The molecule has 1 aromatic heterocycles. The molecule has 0 radical (unpaired) electrons. The number of imidazole rings is 1. The molecule has 1 aliphatic rings. The van der Waals surface area contributed by atoms with Crippen molar-refractivity contribution >= 4 is 34.4 Å². The van der Waals surface area contributed by atoms with Gasteiger partial charge in [-0.1, -0.05) is 36.7 Å². The van der Waals surface area contributed by atoms with Crippen molar-refractivity contribution in [1.29, 1.82) is 0 Å². The summed E-state index contributed by atoms with van der Waals surface area (Å²) in [6, 6.07) is 12.3. The van der Waals surface area contributed by atoms with Crippen molar-refractivity contribution in [3.8, 4) is 11.4 Å². The number of thioether (sulfide) groups is 1. The summed E-state index contributed by atoms with van der Waals surface area (Å²) in [7, 11) is 1.59. The number of nitrogens with one attached hydrogen (secondary N) is 1. The van der Waals surface area contributed by atoms with Crippen LogP contribution >= 0.6 is 11.8 Å². The standard InChI is InChI=1S/C21H22N4O4S/c1-29-19-9-5-4-8-18(19)24-17-11-10-15(25(27)28)12-16(17)23-21(24)30-13-20(26)22-14-6-2-3-7-14/h4-5,8-12,14H,2-3,6-7,13H2,1H3,(H,22,26). The minimum absolute atomic E-state index is 0.0253. The first-order chi connectivity index (χ1) is 14.6. The van der Waals surface area contributed by atoms with Gasteiger partial charge in [-0.2, -0.15) is 0 Å². The first kappa shape index (κ1) is 20.2. The van der Waals surface area contributed by atoms with Gasteiger partial charge in [0.1, 0.15) is 5.75 Å². The summed E-state index contributed by atoms with van der Waals surface area (Å²) in [5.74, 6) is 0.834. The van der Waals surface area contributed by atoms with E-state index in [0.717, 1.165) is 31.4 Å². The molecular weight excluding hydrogens is 404 g/mol. The lowest BCUT2D eigenvalue weighted by Crippen LogP contribution is -2.33. The van der Waals surface area contributed by atoms with Gasteiger partial charge in [0.25, 0.3) is 5.69 Å². The van der Waals surface area contributed by atoms with Crippen LogP contribution in [0.5, 0.6) is 5.75 Å². The van der Waals surface area contributed by atoms with E-state index in [1.807, 2.05) is 28.8 Å². The third kappa shape index (κ3) is 4.11. The Kier molecular flexibility index (Phi) is 5.89. The maximum absolute atomic E-state index is 12.4. The molecule has 0 saturated heterocycles. The molecule has 1 aliphatic carbocycles. The highest BCUT2D eigenvalue weighted by molar-refractivity contribution is 7.99. The Hall–Kier alpha value is -3.07. The van der Waals surface area contributed by atoms with E-state index in [2.05, 4.69) is 10.3 Å². The van der Waals surface area contributed by atoms with Crippen molar-refractivity contribution in [2.24, 2.45) is 0 Å². The molecule has 2 aromatic carbocycles. The number of nitro groups is 1. The van der Waals surface area contributed by atoms with E-state index in [1.54, 1.807) is 13.2 Å². The average Bonchev–Trinajstić information content (AvgIpc) is 3.38. The topological polar surface area (TPSA) is 99.3 Å². The maximum atomic E-state index is 12.4. The van der Waals surface area contributed by atoms with Crippen molar-refractivity contribution in [2.45, 2.75) is 36.9 Å². The monoisotopic (exact) mass is 426 g/mol. The largest absolute Gasteiger partial charge is 0.495 e. The number of hydrogen-bond donors (Lipinski definition) is 1. The number of carbonyl (C=O) groups is 1. The summed E-state index contributed by atoms with van der Waals surface area (Å²) in [4.78, 5) is 27.8. The molecule has 9 heteroatoms. The highest BCUT2D eigenvalue weighted by Crippen LogP contribution is 2.33. The van der Waals surface area contributed by atoms with Crippen LogP contribution in [0.25, 0.3) is 16.7 Å². The summed E-state index contributed by atoms with van der Waals surface area (Å²) < 4.78 is 7.38. The Labute approximate surface area is 177 Å². The number of amides is 1. The summed E-state index contributed by atoms with van der Waals surface area (Å²) in [5, 5.41) is 14.8. The lowest BCUT2D eigenvalue weighted by molar-refractivity contribution is -0.384. The number of rotatable bonds is 7. The SMILES string of the molecule is COc1ccccc1-n1c(SCC(=O)NC2CCCC2)nc2cc([N+](=O)[O-])ccc21. The predicted molar refractivity (Wildman–Crippen MR) is 115 cm³/mol. The second kappa shape index (κ2) is 8.74. The number of ether oxygens (including phenoxy) is 1. The van der Waals surface area contributed by atoms with E-state index in [-0.39, 0.29) is 23.4 Å². The van der Waals surface area contributed by atoms with Crippen LogP contribution in [0.3, 0.4) is 0 Å². The molecule has 8 nitrogen and oxygen atoms in total. The zero-order chi connectivity index (χ0) is 21.1. The van der Waals surface area contributed by atoms with Gasteiger partial charge in [-0.25, -0.2) is 4.98 Å². The normalized spacial score (nSPS) is 14.2. The van der Waals surface area contributed by atoms with Crippen molar-refractivity contribution < 1.29 is 14.5 Å². The van der Waals surface area contributed by atoms with Crippen LogP contribution in [-0.2, 0) is 4.79 Å². The van der Waals surface area contributed by atoms with Gasteiger partial charge in [-0.15, -0.1) is 0 Å². The number of para-hydroxylation sites is 2. The quantitative estimate of drug-likeness (QED) is 0.347. The summed E-state index contributed by atoms with van der Waals surface area (Å²) in [6.07, 6.45) is 4.36. The second-order valence-corrected chi connectivity index (χ2v) is 8.11. The minimum Gasteiger partial charge on any atom is -0.495 e. The number of methoxy groups -OCH3 is 1. The molecule has 1 saturated carbocycles. The number of nitro benzene ring substituents is 1. The Bertz CT molecular complexity index is 1090. The molecular formula is C21H22N4O4S. The molecule has 1 heterocycles. The van der Waals surface area contributed by atoms with Gasteiger partial charge in [-0.3, -0.25) is 19.5 Å². The number of non-ortho nitro benzene ring substituents is 1. The summed E-state index contributed by atoms with van der Waals surface area (Å²) >= 11 is 1.31. The van der Waals surface area contributed by atoms with Crippen molar-refractivity contribution in [3.05, 3.63) is 52.6 Å². The van der Waals surface area contributed by atoms with E-state index in [9.17, 15) is 14.9 Å². The Balaban J connectivity index is 1.69. The van der Waals surface area contributed by atoms with Crippen molar-refractivity contribution in [3.63, 3.8) is 0 Å².